The highest BCUT2D eigenvalue weighted by Gasteiger charge is 2.31. The van der Waals surface area contributed by atoms with Gasteiger partial charge in [-0.25, -0.2) is 0 Å². The summed E-state index contributed by atoms with van der Waals surface area (Å²) in [6.45, 7) is 3.73. The highest BCUT2D eigenvalue weighted by Crippen LogP contribution is 2.23. The van der Waals surface area contributed by atoms with Gasteiger partial charge in [-0.2, -0.15) is 5.10 Å². The van der Waals surface area contributed by atoms with Gasteiger partial charge in [-0.15, -0.1) is 11.8 Å². The predicted molar refractivity (Wildman–Crippen MR) is 76.1 cm³/mol. The number of nitrogens with zero attached hydrogens (tertiary/aromatic N) is 3. The Morgan fingerprint density at radius 3 is 3.16 bits per heavy atom. The average Bonchev–Trinajstić information content (AvgIpc) is 3.09. The molecular weight excluding hydrogens is 260 g/mol. The summed E-state index contributed by atoms with van der Waals surface area (Å²) in [5.74, 6) is 2.06. The maximum atomic E-state index is 12.4. The largest absolute Gasteiger partial charge is 0.339 e. The summed E-state index contributed by atoms with van der Waals surface area (Å²) in [6.07, 6.45) is 6.13. The molecule has 3 heterocycles. The molecule has 0 saturated carbocycles. The number of rotatable bonds is 2. The first kappa shape index (κ1) is 13.0. The fourth-order valence-electron chi connectivity index (χ4n) is 2.78. The first-order valence-corrected chi connectivity index (χ1v) is 8.00. The molecule has 2 fully saturated rings. The van der Waals surface area contributed by atoms with Crippen molar-refractivity contribution in [3.05, 3.63) is 18.0 Å². The van der Waals surface area contributed by atoms with Gasteiger partial charge in [0.2, 0.25) is 5.91 Å². The molecule has 3 rings (SSSR count). The lowest BCUT2D eigenvalue weighted by atomic mass is 10.1. The Balaban J connectivity index is 1.65. The van der Waals surface area contributed by atoms with Crippen LogP contribution in [0.3, 0.4) is 0 Å². The molecule has 0 aromatic carbocycles. The summed E-state index contributed by atoms with van der Waals surface area (Å²) in [5, 5.41) is 7.65. The van der Waals surface area contributed by atoms with Gasteiger partial charge < -0.3 is 4.90 Å². The molecule has 1 aromatic heterocycles. The lowest BCUT2D eigenvalue weighted by Gasteiger charge is -2.34. The normalized spacial score (nSPS) is 27.7. The topological polar surface area (TPSA) is 50.2 Å². The summed E-state index contributed by atoms with van der Waals surface area (Å²) < 4.78 is 2.02. The Morgan fingerprint density at radius 1 is 1.58 bits per heavy atom. The zero-order valence-corrected chi connectivity index (χ0v) is 12.0. The highest BCUT2D eigenvalue weighted by atomic mass is 32.2. The second kappa shape index (κ2) is 5.54. The van der Waals surface area contributed by atoms with Gasteiger partial charge in [-0.1, -0.05) is 0 Å². The number of nitrogens with one attached hydrogen (secondary N) is 1. The van der Waals surface area contributed by atoms with Crippen LogP contribution in [0.15, 0.2) is 12.4 Å². The second-order valence-electron chi connectivity index (χ2n) is 5.35. The van der Waals surface area contributed by atoms with E-state index in [1.165, 1.54) is 5.56 Å². The van der Waals surface area contributed by atoms with Crippen LogP contribution in [-0.4, -0.2) is 51.3 Å². The summed E-state index contributed by atoms with van der Waals surface area (Å²) in [5.41, 5.74) is 1.18. The molecule has 2 atom stereocenters. The number of likely N-dealkylation sites (tertiary alicyclic amines) is 1. The Morgan fingerprint density at radius 2 is 2.47 bits per heavy atom. The van der Waals surface area contributed by atoms with Gasteiger partial charge in [-0.3, -0.25) is 14.8 Å². The molecule has 19 heavy (non-hydrogen) atoms. The summed E-state index contributed by atoms with van der Waals surface area (Å²) in [6, 6.07) is 0.351. The Kier molecular flexibility index (Phi) is 3.79. The Labute approximate surface area is 117 Å². The van der Waals surface area contributed by atoms with Crippen molar-refractivity contribution < 1.29 is 4.79 Å². The number of piperidine rings is 1. The van der Waals surface area contributed by atoms with E-state index in [1.807, 2.05) is 15.8 Å². The van der Waals surface area contributed by atoms with Gasteiger partial charge in [0.1, 0.15) is 0 Å². The molecular formula is C13H20N4OS. The maximum absolute atomic E-state index is 12.4. The van der Waals surface area contributed by atoms with E-state index in [1.54, 1.807) is 11.8 Å². The number of thioether (sulfide) groups is 1. The van der Waals surface area contributed by atoms with E-state index in [0.717, 1.165) is 37.6 Å². The van der Waals surface area contributed by atoms with Gasteiger partial charge in [0.25, 0.3) is 0 Å². The van der Waals surface area contributed by atoms with Crippen molar-refractivity contribution >= 4 is 17.7 Å². The quantitative estimate of drug-likeness (QED) is 0.879. The van der Waals surface area contributed by atoms with E-state index in [0.29, 0.717) is 6.04 Å². The first-order valence-electron chi connectivity index (χ1n) is 6.85. The van der Waals surface area contributed by atoms with Crippen LogP contribution < -0.4 is 5.32 Å². The molecule has 2 aliphatic heterocycles. The molecule has 2 unspecified atom stereocenters. The number of hydrogen-bond donors (Lipinski definition) is 1. The number of aryl methyl sites for hydroxylation is 1. The van der Waals surface area contributed by atoms with Crippen molar-refractivity contribution in [2.75, 3.05) is 24.7 Å². The number of carbonyl (C=O) groups excluding carboxylic acids is 1. The zero-order chi connectivity index (χ0) is 13.2. The number of hydrogen-bond acceptors (Lipinski definition) is 4. The van der Waals surface area contributed by atoms with Crippen LogP contribution in [0.1, 0.15) is 24.4 Å². The molecule has 0 radical (unpaired) electrons. The molecule has 5 nitrogen and oxygen atoms in total. The van der Waals surface area contributed by atoms with Crippen LogP contribution in [0.4, 0.5) is 0 Å². The molecule has 1 aromatic rings. The molecule has 2 aliphatic rings. The molecule has 1 amide bonds. The molecule has 0 spiro atoms. The van der Waals surface area contributed by atoms with Gasteiger partial charge in [0, 0.05) is 30.9 Å². The fourth-order valence-corrected chi connectivity index (χ4v) is 3.71. The minimum absolute atomic E-state index is 0.0168. The van der Waals surface area contributed by atoms with E-state index in [2.05, 4.69) is 23.5 Å². The Hall–Kier alpha value is -1.01. The smallest absolute Gasteiger partial charge is 0.240 e. The lowest BCUT2D eigenvalue weighted by Crippen LogP contribution is -2.49. The zero-order valence-electron chi connectivity index (χ0n) is 11.2. The molecule has 2 saturated heterocycles. The minimum atomic E-state index is 0.0168. The van der Waals surface area contributed by atoms with Crippen LogP contribution in [0.5, 0.6) is 0 Å². The third-order valence-electron chi connectivity index (χ3n) is 3.83. The number of carbonyl (C=O) groups is 1. The maximum Gasteiger partial charge on any atom is 0.240 e. The molecule has 1 N–H and O–H groups in total. The van der Waals surface area contributed by atoms with Crippen LogP contribution in [-0.2, 0) is 4.79 Å². The van der Waals surface area contributed by atoms with Crippen LogP contribution >= 0.6 is 11.8 Å². The first-order chi connectivity index (χ1) is 9.24. The molecule has 104 valence electrons. The van der Waals surface area contributed by atoms with Gasteiger partial charge in [0.05, 0.1) is 18.3 Å². The summed E-state index contributed by atoms with van der Waals surface area (Å²) in [4.78, 5) is 14.4. The lowest BCUT2D eigenvalue weighted by molar-refractivity contribution is -0.134. The van der Waals surface area contributed by atoms with Crippen molar-refractivity contribution in [2.24, 2.45) is 0 Å². The van der Waals surface area contributed by atoms with Crippen molar-refractivity contribution in [2.45, 2.75) is 31.8 Å². The predicted octanol–water partition coefficient (Wildman–Crippen LogP) is 1.02. The standard InChI is InChI=1S/C13H20N4OS/c1-10-5-15-17(6-10)11-3-2-4-16(7-11)13(18)12-8-19-9-14-12/h5-6,11-12,14H,2-4,7-9H2,1H3. The van der Waals surface area contributed by atoms with E-state index in [4.69, 9.17) is 0 Å². The number of amides is 1. The van der Waals surface area contributed by atoms with Crippen molar-refractivity contribution in [3.63, 3.8) is 0 Å². The van der Waals surface area contributed by atoms with Gasteiger partial charge >= 0.3 is 0 Å². The van der Waals surface area contributed by atoms with E-state index in [9.17, 15) is 4.79 Å². The summed E-state index contributed by atoms with van der Waals surface area (Å²) in [7, 11) is 0. The van der Waals surface area contributed by atoms with Crippen LogP contribution in [0.25, 0.3) is 0 Å². The van der Waals surface area contributed by atoms with E-state index < -0.39 is 0 Å². The summed E-state index contributed by atoms with van der Waals surface area (Å²) >= 11 is 1.80. The molecule has 0 bridgehead atoms. The average molecular weight is 280 g/mol. The fraction of sp³-hybridized carbons (Fsp3) is 0.692. The van der Waals surface area contributed by atoms with Crippen LogP contribution in [0, 0.1) is 6.92 Å². The van der Waals surface area contributed by atoms with Crippen molar-refractivity contribution in [1.29, 1.82) is 0 Å². The minimum Gasteiger partial charge on any atom is -0.339 e. The monoisotopic (exact) mass is 280 g/mol. The van der Waals surface area contributed by atoms with Gasteiger partial charge in [-0.05, 0) is 25.3 Å². The third-order valence-corrected chi connectivity index (χ3v) is 4.77. The number of aromatic nitrogens is 2. The van der Waals surface area contributed by atoms with Gasteiger partial charge in [0.15, 0.2) is 0 Å². The van der Waals surface area contributed by atoms with Crippen molar-refractivity contribution in [1.82, 2.24) is 20.0 Å². The second-order valence-corrected chi connectivity index (χ2v) is 6.38. The third kappa shape index (κ3) is 2.79. The van der Waals surface area contributed by atoms with E-state index in [-0.39, 0.29) is 11.9 Å². The Bertz CT molecular complexity index is 455. The molecule has 6 heteroatoms. The van der Waals surface area contributed by atoms with Crippen LogP contribution in [0.2, 0.25) is 0 Å². The SMILES string of the molecule is Cc1cnn(C2CCCN(C(=O)C3CSCN3)C2)c1. The van der Waals surface area contributed by atoms with Crippen molar-refractivity contribution in [3.8, 4) is 0 Å². The van der Waals surface area contributed by atoms with E-state index >= 15 is 0 Å². The highest BCUT2D eigenvalue weighted by molar-refractivity contribution is 7.99. The molecule has 0 aliphatic carbocycles.